The molecule has 0 amide bonds. The van der Waals surface area contributed by atoms with Crippen LogP contribution in [0.2, 0.25) is 0 Å². The lowest BCUT2D eigenvalue weighted by Gasteiger charge is -2.27. The van der Waals surface area contributed by atoms with Crippen LogP contribution in [-0.2, 0) is 23.9 Å². The second-order valence-electron chi connectivity index (χ2n) is 6.49. The van der Waals surface area contributed by atoms with Crippen molar-refractivity contribution in [2.75, 3.05) is 13.7 Å². The van der Waals surface area contributed by atoms with Crippen LogP contribution in [0.25, 0.3) is 0 Å². The Bertz CT molecular complexity index is 778. The SMILES string of the molecule is CCC(=O)Oc1ccc(C(C(C)COC(=O)OC)[C@H](N)C(=O)O)cc1OC(=O)CC. The first kappa shape index (κ1) is 24.9. The van der Waals surface area contributed by atoms with Crippen molar-refractivity contribution < 1.29 is 43.2 Å². The summed E-state index contributed by atoms with van der Waals surface area (Å²) in [5.41, 5.74) is 6.29. The van der Waals surface area contributed by atoms with Crippen LogP contribution in [0.1, 0.15) is 45.1 Å². The number of carboxylic acids is 1. The van der Waals surface area contributed by atoms with Gasteiger partial charge >= 0.3 is 24.1 Å². The molecular formula is C20H27NO9. The molecule has 166 valence electrons. The molecule has 0 radical (unpaired) electrons. The summed E-state index contributed by atoms with van der Waals surface area (Å²) in [4.78, 5) is 46.3. The minimum absolute atomic E-state index is 0.0218. The quantitative estimate of drug-likeness (QED) is 0.421. The predicted molar refractivity (Wildman–Crippen MR) is 104 cm³/mol. The summed E-state index contributed by atoms with van der Waals surface area (Å²) in [7, 11) is 1.15. The zero-order valence-electron chi connectivity index (χ0n) is 17.4. The van der Waals surface area contributed by atoms with Crippen molar-refractivity contribution in [2.45, 2.75) is 45.6 Å². The molecule has 0 aliphatic heterocycles. The van der Waals surface area contributed by atoms with Crippen molar-refractivity contribution in [1.82, 2.24) is 0 Å². The van der Waals surface area contributed by atoms with Gasteiger partial charge in [-0.05, 0) is 23.6 Å². The number of hydrogen-bond donors (Lipinski definition) is 2. The maximum Gasteiger partial charge on any atom is 0.507 e. The van der Waals surface area contributed by atoms with Crippen LogP contribution in [0.4, 0.5) is 4.79 Å². The van der Waals surface area contributed by atoms with Crippen molar-refractivity contribution in [3.8, 4) is 11.5 Å². The van der Waals surface area contributed by atoms with Gasteiger partial charge in [0, 0.05) is 18.8 Å². The number of carboxylic acid groups (broad SMARTS) is 1. The molecule has 0 saturated heterocycles. The highest BCUT2D eigenvalue weighted by Gasteiger charge is 2.32. The summed E-state index contributed by atoms with van der Waals surface area (Å²) in [6.45, 7) is 4.70. The van der Waals surface area contributed by atoms with Gasteiger partial charge in [0.1, 0.15) is 6.04 Å². The lowest BCUT2D eigenvalue weighted by Crippen LogP contribution is -2.40. The van der Waals surface area contributed by atoms with Gasteiger partial charge in [-0.15, -0.1) is 0 Å². The van der Waals surface area contributed by atoms with Crippen molar-refractivity contribution in [3.05, 3.63) is 23.8 Å². The average Bonchev–Trinajstić information content (AvgIpc) is 2.73. The van der Waals surface area contributed by atoms with Gasteiger partial charge in [0.2, 0.25) is 0 Å². The fraction of sp³-hybridized carbons (Fsp3) is 0.500. The number of carbonyl (C=O) groups excluding carboxylic acids is 3. The third-order valence-electron chi connectivity index (χ3n) is 4.29. The molecule has 0 heterocycles. The fourth-order valence-corrected chi connectivity index (χ4v) is 2.69. The second-order valence-corrected chi connectivity index (χ2v) is 6.49. The highest BCUT2D eigenvalue weighted by atomic mass is 16.7. The number of ether oxygens (including phenoxy) is 4. The molecule has 1 aromatic rings. The molecule has 2 unspecified atom stereocenters. The van der Waals surface area contributed by atoms with Crippen LogP contribution < -0.4 is 15.2 Å². The zero-order valence-corrected chi connectivity index (χ0v) is 17.4. The van der Waals surface area contributed by atoms with Gasteiger partial charge in [-0.25, -0.2) is 4.79 Å². The molecule has 0 saturated carbocycles. The Morgan fingerprint density at radius 1 is 1.03 bits per heavy atom. The van der Waals surface area contributed by atoms with Crippen molar-refractivity contribution in [2.24, 2.45) is 11.7 Å². The number of benzene rings is 1. The Hall–Kier alpha value is -3.14. The minimum Gasteiger partial charge on any atom is -0.480 e. The molecule has 0 fully saturated rings. The Labute approximate surface area is 174 Å². The lowest BCUT2D eigenvalue weighted by molar-refractivity contribution is -0.139. The monoisotopic (exact) mass is 425 g/mol. The summed E-state index contributed by atoms with van der Waals surface area (Å²) < 4.78 is 19.8. The summed E-state index contributed by atoms with van der Waals surface area (Å²) >= 11 is 0. The van der Waals surface area contributed by atoms with E-state index in [9.17, 15) is 24.3 Å². The van der Waals surface area contributed by atoms with Crippen LogP contribution in [0.3, 0.4) is 0 Å². The second kappa shape index (κ2) is 11.8. The van der Waals surface area contributed by atoms with Gasteiger partial charge in [-0.1, -0.05) is 26.8 Å². The fourth-order valence-electron chi connectivity index (χ4n) is 2.69. The number of rotatable bonds is 10. The number of esters is 2. The molecule has 10 heteroatoms. The third kappa shape index (κ3) is 7.03. The maximum absolute atomic E-state index is 11.8. The molecule has 0 spiro atoms. The maximum atomic E-state index is 11.8. The van der Waals surface area contributed by atoms with Crippen molar-refractivity contribution >= 4 is 24.1 Å². The lowest BCUT2D eigenvalue weighted by atomic mass is 9.82. The number of aliphatic carboxylic acids is 1. The first-order valence-corrected chi connectivity index (χ1v) is 9.38. The number of methoxy groups -OCH3 is 1. The number of carbonyl (C=O) groups is 4. The zero-order chi connectivity index (χ0) is 22.8. The predicted octanol–water partition coefficient (Wildman–Crippen LogP) is 2.23. The van der Waals surface area contributed by atoms with E-state index in [0.717, 1.165) is 7.11 Å². The van der Waals surface area contributed by atoms with E-state index < -0.39 is 41.9 Å². The largest absolute Gasteiger partial charge is 0.507 e. The van der Waals surface area contributed by atoms with E-state index in [2.05, 4.69) is 4.74 Å². The highest BCUT2D eigenvalue weighted by molar-refractivity contribution is 5.77. The van der Waals surface area contributed by atoms with E-state index in [0.29, 0.717) is 5.56 Å². The highest BCUT2D eigenvalue weighted by Crippen LogP contribution is 2.36. The van der Waals surface area contributed by atoms with Gasteiger partial charge < -0.3 is 29.8 Å². The number of nitrogens with two attached hydrogens (primary N) is 1. The normalized spacial score (nSPS) is 13.5. The standard InChI is InChI=1S/C20H27NO9/c1-5-15(22)29-13-8-7-12(9-14(13)30-16(23)6-2)17(18(21)19(24)25)11(3)10-28-20(26)27-4/h7-9,11,17-18H,5-6,10,21H2,1-4H3,(H,24,25)/t11?,17?,18-/m0/s1. The molecule has 0 aliphatic rings. The molecule has 1 aromatic carbocycles. The summed E-state index contributed by atoms with van der Waals surface area (Å²) in [6, 6.07) is 2.97. The van der Waals surface area contributed by atoms with E-state index in [1.54, 1.807) is 20.8 Å². The Balaban J connectivity index is 3.34. The first-order chi connectivity index (χ1) is 14.1. The molecule has 3 atom stereocenters. The van der Waals surface area contributed by atoms with Crippen LogP contribution in [-0.4, -0.2) is 48.9 Å². The molecule has 0 aromatic heterocycles. The Morgan fingerprint density at radius 2 is 1.60 bits per heavy atom. The van der Waals surface area contributed by atoms with Gasteiger partial charge in [0.05, 0.1) is 13.7 Å². The molecule has 30 heavy (non-hydrogen) atoms. The Morgan fingerprint density at radius 3 is 2.10 bits per heavy atom. The van der Waals surface area contributed by atoms with Crippen molar-refractivity contribution in [3.63, 3.8) is 0 Å². The van der Waals surface area contributed by atoms with Crippen LogP contribution in [0.5, 0.6) is 11.5 Å². The molecular weight excluding hydrogens is 398 g/mol. The number of hydrogen-bond acceptors (Lipinski definition) is 9. The third-order valence-corrected chi connectivity index (χ3v) is 4.29. The van der Waals surface area contributed by atoms with Gasteiger partial charge in [-0.3, -0.25) is 14.4 Å². The first-order valence-electron chi connectivity index (χ1n) is 9.38. The summed E-state index contributed by atoms with van der Waals surface area (Å²) in [6.07, 6.45) is -0.728. The molecule has 0 aliphatic carbocycles. The van der Waals surface area contributed by atoms with Gasteiger partial charge in [0.25, 0.3) is 0 Å². The minimum atomic E-state index is -1.35. The van der Waals surface area contributed by atoms with Crippen LogP contribution in [0.15, 0.2) is 18.2 Å². The average molecular weight is 425 g/mol. The van der Waals surface area contributed by atoms with Gasteiger partial charge in [0.15, 0.2) is 11.5 Å². The topological polar surface area (TPSA) is 151 Å². The van der Waals surface area contributed by atoms with Crippen LogP contribution in [0, 0.1) is 5.92 Å². The van der Waals surface area contributed by atoms with E-state index >= 15 is 0 Å². The van der Waals surface area contributed by atoms with Gasteiger partial charge in [-0.2, -0.15) is 0 Å². The molecule has 1 rings (SSSR count). The van der Waals surface area contributed by atoms with Crippen molar-refractivity contribution in [1.29, 1.82) is 0 Å². The summed E-state index contributed by atoms with van der Waals surface area (Å²) in [5, 5.41) is 9.43. The molecule has 10 nitrogen and oxygen atoms in total. The molecule has 0 bridgehead atoms. The van der Waals surface area contributed by atoms with Crippen LogP contribution >= 0.6 is 0 Å². The summed E-state index contributed by atoms with van der Waals surface area (Å²) in [5.74, 6) is -3.73. The Kier molecular flexibility index (Phi) is 9.76. The van der Waals surface area contributed by atoms with E-state index in [1.165, 1.54) is 18.2 Å². The van der Waals surface area contributed by atoms with E-state index in [4.69, 9.17) is 19.9 Å². The molecule has 3 N–H and O–H groups in total. The smallest absolute Gasteiger partial charge is 0.480 e. The van der Waals surface area contributed by atoms with E-state index in [1.807, 2.05) is 0 Å². The van der Waals surface area contributed by atoms with E-state index in [-0.39, 0.29) is 30.9 Å².